The van der Waals surface area contributed by atoms with E-state index in [1.807, 2.05) is 32.3 Å². The summed E-state index contributed by atoms with van der Waals surface area (Å²) in [5.41, 5.74) is 2.29. The van der Waals surface area contributed by atoms with Gasteiger partial charge in [-0.3, -0.25) is 0 Å². The van der Waals surface area contributed by atoms with Crippen molar-refractivity contribution in [3.63, 3.8) is 0 Å². The number of hydrogen-bond donors (Lipinski definition) is 0. The van der Waals surface area contributed by atoms with E-state index in [9.17, 15) is 0 Å². The number of hydrogen-bond acceptors (Lipinski definition) is 1. The average Bonchev–Trinajstić information content (AvgIpc) is 2.30. The third-order valence-corrected chi connectivity index (χ3v) is 2.30. The van der Waals surface area contributed by atoms with Crippen LogP contribution in [0, 0.1) is 0 Å². The van der Waals surface area contributed by atoms with Crippen LogP contribution in [0.1, 0.15) is 0 Å². The van der Waals surface area contributed by atoms with Crippen molar-refractivity contribution in [3.8, 4) is 0 Å². The second kappa shape index (κ2) is 4.13. The molecule has 0 fully saturated rings. The molecule has 15 heavy (non-hydrogen) atoms. The molecular weight excluding hydrogens is 186 g/mol. The number of ether oxygens (including phenoxy) is 1. The predicted octanol–water partition coefficient (Wildman–Crippen LogP) is 2.18. The first-order chi connectivity index (χ1) is 7.27. The monoisotopic (exact) mass is 200 g/mol. The van der Waals surface area contributed by atoms with Crippen LogP contribution in [0.15, 0.2) is 60.1 Å². The summed E-state index contributed by atoms with van der Waals surface area (Å²) in [6.07, 6.45) is 15.8. The molecule has 0 atom stereocenters. The van der Waals surface area contributed by atoms with E-state index in [-0.39, 0.29) is 0 Å². The topological polar surface area (TPSA) is 12.2 Å². The fourth-order valence-electron chi connectivity index (χ4n) is 1.43. The van der Waals surface area contributed by atoms with Gasteiger partial charge in [-0.15, -0.1) is 0 Å². The van der Waals surface area contributed by atoms with Crippen molar-refractivity contribution >= 4 is 5.71 Å². The highest BCUT2D eigenvalue weighted by Gasteiger charge is 2.08. The molecule has 0 bridgehead atoms. The van der Waals surface area contributed by atoms with E-state index in [1.165, 1.54) is 5.71 Å². The Morgan fingerprint density at radius 2 is 1.67 bits per heavy atom. The molecule has 0 N–H and O–H groups in total. The van der Waals surface area contributed by atoms with E-state index in [1.54, 1.807) is 6.26 Å². The molecule has 2 nitrogen and oxygen atoms in total. The highest BCUT2D eigenvalue weighted by Crippen LogP contribution is 2.17. The van der Waals surface area contributed by atoms with Crippen LogP contribution >= 0.6 is 0 Å². The first-order valence-corrected chi connectivity index (χ1v) is 4.92. The zero-order chi connectivity index (χ0) is 10.7. The summed E-state index contributed by atoms with van der Waals surface area (Å²) < 4.78 is 7.48. The lowest BCUT2D eigenvalue weighted by Crippen LogP contribution is -2.10. The summed E-state index contributed by atoms with van der Waals surface area (Å²) >= 11 is 0. The zero-order valence-corrected chi connectivity index (χ0v) is 8.97. The van der Waals surface area contributed by atoms with Gasteiger partial charge < -0.3 is 4.74 Å². The Morgan fingerprint density at radius 1 is 0.933 bits per heavy atom. The fraction of sp³-hybridized carbons (Fsp3) is 0.154. The van der Waals surface area contributed by atoms with Crippen molar-refractivity contribution in [3.05, 3.63) is 60.1 Å². The van der Waals surface area contributed by atoms with Gasteiger partial charge in [0, 0.05) is 17.7 Å². The Balaban J connectivity index is 2.28. The molecule has 76 valence electrons. The first kappa shape index (κ1) is 9.71. The second-order valence-electron chi connectivity index (χ2n) is 3.61. The van der Waals surface area contributed by atoms with Crippen LogP contribution in [0.2, 0.25) is 0 Å². The maximum atomic E-state index is 5.40. The van der Waals surface area contributed by atoms with Crippen molar-refractivity contribution < 1.29 is 9.31 Å². The lowest BCUT2D eigenvalue weighted by molar-refractivity contribution is -0.462. The summed E-state index contributed by atoms with van der Waals surface area (Å²) in [6, 6.07) is 0. The van der Waals surface area contributed by atoms with Gasteiger partial charge in [0.1, 0.15) is 19.9 Å². The maximum Gasteiger partial charge on any atom is 0.199 e. The van der Waals surface area contributed by atoms with Gasteiger partial charge in [-0.25, -0.2) is 4.58 Å². The second-order valence-corrected chi connectivity index (χ2v) is 3.61. The molecule has 0 aromatic heterocycles. The molecule has 1 aliphatic heterocycles. The Kier molecular flexibility index (Phi) is 2.68. The smallest absolute Gasteiger partial charge is 0.199 e. The molecule has 0 spiro atoms. The Hall–Kier alpha value is -1.83. The van der Waals surface area contributed by atoms with Crippen molar-refractivity contribution in [2.24, 2.45) is 0 Å². The van der Waals surface area contributed by atoms with Crippen molar-refractivity contribution in [1.82, 2.24) is 0 Å². The highest BCUT2D eigenvalue weighted by atomic mass is 16.5. The molecule has 0 radical (unpaired) electrons. The SMILES string of the molecule is C[N+](C)=C1C=CC(=C2C=CC=CO2)C=C1. The van der Waals surface area contributed by atoms with Crippen molar-refractivity contribution in [1.29, 1.82) is 0 Å². The van der Waals surface area contributed by atoms with Gasteiger partial charge >= 0.3 is 0 Å². The Morgan fingerprint density at radius 3 is 2.20 bits per heavy atom. The molecule has 2 heteroatoms. The highest BCUT2D eigenvalue weighted by molar-refractivity contribution is 6.02. The van der Waals surface area contributed by atoms with E-state index < -0.39 is 0 Å². The van der Waals surface area contributed by atoms with Crippen LogP contribution in [0.25, 0.3) is 0 Å². The van der Waals surface area contributed by atoms with Gasteiger partial charge in [-0.05, 0) is 24.3 Å². The van der Waals surface area contributed by atoms with E-state index in [0.29, 0.717) is 0 Å². The van der Waals surface area contributed by atoms with Gasteiger partial charge in [0.15, 0.2) is 5.71 Å². The molecule has 2 rings (SSSR count). The minimum Gasteiger partial charge on any atom is -0.464 e. The molecule has 0 saturated carbocycles. The number of nitrogens with zero attached hydrogens (tertiary/aromatic N) is 1. The molecule has 1 heterocycles. The van der Waals surface area contributed by atoms with Gasteiger partial charge in [-0.2, -0.15) is 0 Å². The van der Waals surface area contributed by atoms with Crippen molar-refractivity contribution in [2.45, 2.75) is 0 Å². The molecule has 0 saturated heterocycles. The van der Waals surface area contributed by atoms with E-state index in [0.717, 1.165) is 11.3 Å². The molecule has 0 aromatic carbocycles. The van der Waals surface area contributed by atoms with Crippen molar-refractivity contribution in [2.75, 3.05) is 14.1 Å². The fourth-order valence-corrected chi connectivity index (χ4v) is 1.43. The van der Waals surface area contributed by atoms with Crippen LogP contribution in [-0.4, -0.2) is 24.4 Å². The predicted molar refractivity (Wildman–Crippen MR) is 61.8 cm³/mol. The average molecular weight is 200 g/mol. The molecular formula is C13H14NO+. The van der Waals surface area contributed by atoms with Gasteiger partial charge in [0.05, 0.1) is 6.26 Å². The van der Waals surface area contributed by atoms with Gasteiger partial charge in [0.25, 0.3) is 0 Å². The van der Waals surface area contributed by atoms with Crippen LogP contribution in [0.4, 0.5) is 0 Å². The lowest BCUT2D eigenvalue weighted by Gasteiger charge is -2.09. The summed E-state index contributed by atoms with van der Waals surface area (Å²) in [5, 5.41) is 0. The maximum absolute atomic E-state index is 5.40. The Bertz CT molecular complexity index is 423. The standard InChI is InChI=1S/C13H14NO/c1-14(2)12-8-6-11(7-9-12)13-5-3-4-10-15-13/h3-10H,1-2H3/q+1. The summed E-state index contributed by atoms with van der Waals surface area (Å²) in [4.78, 5) is 0. The summed E-state index contributed by atoms with van der Waals surface area (Å²) in [7, 11) is 4.06. The normalized spacial score (nSPS) is 18.4. The zero-order valence-electron chi connectivity index (χ0n) is 8.97. The van der Waals surface area contributed by atoms with E-state index >= 15 is 0 Å². The molecule has 0 unspecified atom stereocenters. The van der Waals surface area contributed by atoms with Gasteiger partial charge in [0.2, 0.25) is 0 Å². The van der Waals surface area contributed by atoms with Gasteiger partial charge in [-0.1, -0.05) is 6.08 Å². The molecule has 0 amide bonds. The van der Waals surface area contributed by atoms with E-state index in [4.69, 9.17) is 4.74 Å². The van der Waals surface area contributed by atoms with Crippen LogP contribution in [0.5, 0.6) is 0 Å². The van der Waals surface area contributed by atoms with Crippen LogP contribution < -0.4 is 0 Å². The molecule has 1 aliphatic carbocycles. The van der Waals surface area contributed by atoms with E-state index in [2.05, 4.69) is 28.9 Å². The number of allylic oxidation sites excluding steroid dienone is 8. The molecule has 2 aliphatic rings. The largest absolute Gasteiger partial charge is 0.464 e. The third-order valence-electron chi connectivity index (χ3n) is 2.30. The van der Waals surface area contributed by atoms with Crippen LogP contribution in [-0.2, 0) is 4.74 Å². The molecule has 0 aromatic rings. The third kappa shape index (κ3) is 2.15. The lowest BCUT2D eigenvalue weighted by atomic mass is 10.1. The minimum absolute atomic E-state index is 0.891. The summed E-state index contributed by atoms with van der Waals surface area (Å²) in [6.45, 7) is 0. The Labute approximate surface area is 89.9 Å². The first-order valence-electron chi connectivity index (χ1n) is 4.92. The quantitative estimate of drug-likeness (QED) is 0.546. The minimum atomic E-state index is 0.891. The van der Waals surface area contributed by atoms with Crippen LogP contribution in [0.3, 0.4) is 0 Å². The summed E-state index contributed by atoms with van der Waals surface area (Å²) in [5.74, 6) is 0.891. The number of rotatable bonds is 0.